The number of benzene rings is 1. The lowest BCUT2D eigenvalue weighted by Gasteiger charge is -2.23. The van der Waals surface area contributed by atoms with Crippen LogP contribution in [0.5, 0.6) is 0 Å². The fourth-order valence-electron chi connectivity index (χ4n) is 3.52. The summed E-state index contributed by atoms with van der Waals surface area (Å²) >= 11 is 0. The van der Waals surface area contributed by atoms with Crippen molar-refractivity contribution >= 4 is 22.9 Å². The molecule has 1 saturated heterocycles. The highest BCUT2D eigenvalue weighted by Crippen LogP contribution is 2.24. The number of fused-ring (bicyclic) bond motifs is 1. The molecule has 0 aliphatic carbocycles. The molecule has 1 N–H and O–H groups in total. The van der Waals surface area contributed by atoms with E-state index in [1.54, 1.807) is 6.08 Å². The maximum absolute atomic E-state index is 12.5. The van der Waals surface area contributed by atoms with Gasteiger partial charge in [-0.05, 0) is 37.8 Å². The minimum absolute atomic E-state index is 0.0818. The Hall–Kier alpha value is -2.07. The van der Waals surface area contributed by atoms with Crippen molar-refractivity contribution in [3.8, 4) is 0 Å². The lowest BCUT2D eigenvalue weighted by molar-refractivity contribution is -0.126. The number of rotatable bonds is 5. The van der Waals surface area contributed by atoms with Crippen LogP contribution in [-0.4, -0.2) is 39.7 Å². The van der Waals surface area contributed by atoms with E-state index >= 15 is 0 Å². The average molecular weight is 312 g/mol. The van der Waals surface area contributed by atoms with Gasteiger partial charge in [-0.2, -0.15) is 0 Å². The minimum atomic E-state index is 0.0818. The topological polar surface area (TPSA) is 45.5 Å². The summed E-state index contributed by atoms with van der Waals surface area (Å²) in [6.07, 6.45) is 9.44. The highest BCUT2D eigenvalue weighted by atomic mass is 16.3. The summed E-state index contributed by atoms with van der Waals surface area (Å²) in [5.74, 6) is 0.0818. The van der Waals surface area contributed by atoms with Crippen LogP contribution in [0.1, 0.15) is 31.2 Å². The van der Waals surface area contributed by atoms with Crippen LogP contribution >= 0.6 is 0 Å². The van der Waals surface area contributed by atoms with Crippen LogP contribution in [0.25, 0.3) is 17.0 Å². The van der Waals surface area contributed by atoms with Gasteiger partial charge >= 0.3 is 0 Å². The molecule has 4 heteroatoms. The Kier molecular flexibility index (Phi) is 4.82. The van der Waals surface area contributed by atoms with Gasteiger partial charge in [0.1, 0.15) is 0 Å². The Morgan fingerprint density at radius 2 is 2.22 bits per heavy atom. The summed E-state index contributed by atoms with van der Waals surface area (Å²) in [5, 5.41) is 10.2. The summed E-state index contributed by atoms with van der Waals surface area (Å²) < 4.78 is 2.08. The molecular formula is C19H24N2O2. The molecular weight excluding hydrogens is 288 g/mol. The van der Waals surface area contributed by atoms with Gasteiger partial charge in [-0.25, -0.2) is 0 Å². The Labute approximate surface area is 137 Å². The Morgan fingerprint density at radius 3 is 3.04 bits per heavy atom. The third kappa shape index (κ3) is 3.32. The van der Waals surface area contributed by atoms with E-state index in [1.807, 2.05) is 30.2 Å². The fourth-order valence-corrected chi connectivity index (χ4v) is 3.52. The van der Waals surface area contributed by atoms with Crippen LogP contribution in [0.4, 0.5) is 0 Å². The maximum atomic E-state index is 12.5. The van der Waals surface area contributed by atoms with Crippen LogP contribution in [0.3, 0.4) is 0 Å². The third-order valence-corrected chi connectivity index (χ3v) is 4.69. The first-order valence-corrected chi connectivity index (χ1v) is 8.34. The second-order valence-electron chi connectivity index (χ2n) is 6.24. The van der Waals surface area contributed by atoms with E-state index < -0.39 is 0 Å². The molecule has 2 aromatic rings. The van der Waals surface area contributed by atoms with Crippen molar-refractivity contribution in [3.05, 3.63) is 42.1 Å². The van der Waals surface area contributed by atoms with Crippen molar-refractivity contribution in [2.24, 2.45) is 7.05 Å². The first kappa shape index (κ1) is 15.8. The predicted molar refractivity (Wildman–Crippen MR) is 93.0 cm³/mol. The van der Waals surface area contributed by atoms with E-state index in [9.17, 15) is 4.79 Å². The number of para-hydroxylation sites is 1. The molecule has 1 unspecified atom stereocenters. The zero-order valence-corrected chi connectivity index (χ0v) is 13.6. The molecule has 0 bridgehead atoms. The molecule has 1 aliphatic heterocycles. The van der Waals surface area contributed by atoms with Gasteiger partial charge in [-0.15, -0.1) is 0 Å². The molecule has 3 rings (SSSR count). The fraction of sp³-hybridized carbons (Fsp3) is 0.421. The van der Waals surface area contributed by atoms with Crippen LogP contribution in [0, 0.1) is 0 Å². The molecule has 0 radical (unpaired) electrons. The highest BCUT2D eigenvalue weighted by molar-refractivity contribution is 5.96. The number of nitrogens with zero attached hydrogens (tertiary/aromatic N) is 2. The first-order chi connectivity index (χ1) is 11.2. The normalized spacial score (nSPS) is 18.3. The van der Waals surface area contributed by atoms with Gasteiger partial charge in [0, 0.05) is 55.0 Å². The Morgan fingerprint density at radius 1 is 1.39 bits per heavy atom. The number of likely N-dealkylation sites (tertiary alicyclic amines) is 1. The van der Waals surface area contributed by atoms with Crippen LogP contribution in [0.15, 0.2) is 36.5 Å². The molecule has 1 atom stereocenters. The molecule has 23 heavy (non-hydrogen) atoms. The van der Waals surface area contributed by atoms with E-state index in [1.165, 1.54) is 5.52 Å². The summed E-state index contributed by atoms with van der Waals surface area (Å²) in [6, 6.07) is 8.50. The molecule has 1 aromatic carbocycles. The number of aliphatic hydroxyl groups is 1. The molecule has 1 aliphatic rings. The Bertz CT molecular complexity index is 717. The molecule has 122 valence electrons. The van der Waals surface area contributed by atoms with Gasteiger partial charge in [-0.3, -0.25) is 4.79 Å². The molecule has 0 spiro atoms. The van der Waals surface area contributed by atoms with E-state index in [0.717, 1.165) is 43.2 Å². The van der Waals surface area contributed by atoms with Gasteiger partial charge in [-0.1, -0.05) is 18.2 Å². The second-order valence-corrected chi connectivity index (χ2v) is 6.24. The molecule has 0 saturated carbocycles. The maximum Gasteiger partial charge on any atom is 0.246 e. The number of aryl methyl sites for hydroxylation is 1. The van der Waals surface area contributed by atoms with Crippen molar-refractivity contribution in [2.75, 3.05) is 13.2 Å². The lowest BCUT2D eigenvalue weighted by Crippen LogP contribution is -2.34. The summed E-state index contributed by atoms with van der Waals surface area (Å²) in [5.41, 5.74) is 2.24. The Balaban J connectivity index is 1.75. The number of aromatic nitrogens is 1. The van der Waals surface area contributed by atoms with Gasteiger partial charge in [0.15, 0.2) is 0 Å². The zero-order valence-electron chi connectivity index (χ0n) is 13.6. The number of hydrogen-bond donors (Lipinski definition) is 1. The second kappa shape index (κ2) is 7.01. The smallest absolute Gasteiger partial charge is 0.246 e. The average Bonchev–Trinajstić information content (AvgIpc) is 3.16. The van der Waals surface area contributed by atoms with Crippen molar-refractivity contribution in [3.63, 3.8) is 0 Å². The number of aliphatic hydroxyl groups excluding tert-OH is 1. The quantitative estimate of drug-likeness (QED) is 0.863. The van der Waals surface area contributed by atoms with Crippen molar-refractivity contribution < 1.29 is 9.90 Å². The number of carbonyl (C=O) groups is 1. The molecule has 1 amide bonds. The molecule has 1 aromatic heterocycles. The molecule has 4 nitrogen and oxygen atoms in total. The lowest BCUT2D eigenvalue weighted by atomic mass is 10.1. The van der Waals surface area contributed by atoms with Gasteiger partial charge < -0.3 is 14.6 Å². The van der Waals surface area contributed by atoms with Crippen molar-refractivity contribution in [2.45, 2.75) is 31.7 Å². The summed E-state index contributed by atoms with van der Waals surface area (Å²) in [7, 11) is 2.02. The highest BCUT2D eigenvalue weighted by Gasteiger charge is 2.26. The monoisotopic (exact) mass is 312 g/mol. The van der Waals surface area contributed by atoms with E-state index in [4.69, 9.17) is 5.11 Å². The molecule has 1 fully saturated rings. The van der Waals surface area contributed by atoms with Crippen molar-refractivity contribution in [1.82, 2.24) is 9.47 Å². The van der Waals surface area contributed by atoms with E-state index in [0.29, 0.717) is 0 Å². The standard InChI is InChI=1S/C19H24N2O2/c1-20-14-15(17-8-2-3-9-18(17)20)10-11-19(23)21-12-4-6-16(21)7-5-13-22/h2-3,8-11,14,16,22H,4-7,12-13H2,1H3/b11-10+. The van der Waals surface area contributed by atoms with Crippen LogP contribution < -0.4 is 0 Å². The predicted octanol–water partition coefficient (Wildman–Crippen LogP) is 2.96. The van der Waals surface area contributed by atoms with E-state index in [-0.39, 0.29) is 18.6 Å². The van der Waals surface area contributed by atoms with Gasteiger partial charge in [0.25, 0.3) is 0 Å². The third-order valence-electron chi connectivity index (χ3n) is 4.69. The SMILES string of the molecule is Cn1cc(/C=C/C(=O)N2CCCC2CCCO)c2ccccc21. The van der Waals surface area contributed by atoms with Crippen LogP contribution in [-0.2, 0) is 11.8 Å². The first-order valence-electron chi connectivity index (χ1n) is 8.34. The summed E-state index contributed by atoms with van der Waals surface area (Å²) in [4.78, 5) is 14.5. The number of amides is 1. The largest absolute Gasteiger partial charge is 0.396 e. The van der Waals surface area contributed by atoms with Crippen molar-refractivity contribution in [1.29, 1.82) is 0 Å². The van der Waals surface area contributed by atoms with E-state index in [2.05, 4.69) is 22.9 Å². The zero-order chi connectivity index (χ0) is 16.2. The van der Waals surface area contributed by atoms with Gasteiger partial charge in [0.2, 0.25) is 5.91 Å². The number of hydrogen-bond acceptors (Lipinski definition) is 2. The minimum Gasteiger partial charge on any atom is -0.396 e. The summed E-state index contributed by atoms with van der Waals surface area (Å²) in [6.45, 7) is 1.03. The van der Waals surface area contributed by atoms with Gasteiger partial charge in [0.05, 0.1) is 0 Å². The molecule has 2 heterocycles. The van der Waals surface area contributed by atoms with Crippen LogP contribution in [0.2, 0.25) is 0 Å². The number of carbonyl (C=O) groups excluding carboxylic acids is 1.